The van der Waals surface area contributed by atoms with Gasteiger partial charge in [0.25, 0.3) is 0 Å². The monoisotopic (exact) mass is 151 g/mol. The Morgan fingerprint density at radius 2 is 2.18 bits per heavy atom. The number of aryl methyl sites for hydroxylation is 1. The Balaban J connectivity index is 2.99. The highest BCUT2D eigenvalue weighted by atomic mass is 14.8. The van der Waals surface area contributed by atoms with Crippen molar-refractivity contribution in [1.82, 2.24) is 4.98 Å². The average molecular weight is 151 g/mol. The molecule has 0 spiro atoms. The first-order chi connectivity index (χ1) is 5.27. The van der Waals surface area contributed by atoms with Crippen LogP contribution >= 0.6 is 0 Å². The molecule has 0 bridgehead atoms. The van der Waals surface area contributed by atoms with Gasteiger partial charge in [0.15, 0.2) is 0 Å². The minimum absolute atomic E-state index is 0.461. The average Bonchev–Trinajstić information content (AvgIpc) is 2.04. The number of hydrogen-bond donors (Lipinski definition) is 2. The summed E-state index contributed by atoms with van der Waals surface area (Å²) in [5, 5.41) is 0. The molecular formula is C8H13N3. The summed E-state index contributed by atoms with van der Waals surface area (Å²) in [5.74, 6) is 0.562. The Morgan fingerprint density at radius 1 is 1.45 bits per heavy atom. The number of nitrogen functional groups attached to an aromatic ring is 1. The molecule has 0 aromatic carbocycles. The third-order valence-corrected chi connectivity index (χ3v) is 1.65. The Bertz CT molecular complexity index is 245. The van der Waals surface area contributed by atoms with E-state index in [9.17, 15) is 0 Å². The maximum Gasteiger partial charge on any atom is 0.128 e. The molecule has 1 aromatic rings. The molecule has 3 nitrogen and oxygen atoms in total. The van der Waals surface area contributed by atoms with Gasteiger partial charge in [0.2, 0.25) is 0 Å². The van der Waals surface area contributed by atoms with Crippen LogP contribution in [0.15, 0.2) is 12.1 Å². The van der Waals surface area contributed by atoms with Gasteiger partial charge in [-0.3, -0.25) is 0 Å². The lowest BCUT2D eigenvalue weighted by Gasteiger charge is -2.02. The predicted molar refractivity (Wildman–Crippen MR) is 45.9 cm³/mol. The highest BCUT2D eigenvalue weighted by molar-refractivity contribution is 5.39. The fourth-order valence-electron chi connectivity index (χ4n) is 0.915. The van der Waals surface area contributed by atoms with E-state index in [1.54, 1.807) is 0 Å². The number of nitrogens with zero attached hydrogens (tertiary/aromatic N) is 1. The van der Waals surface area contributed by atoms with Crippen LogP contribution in [0.3, 0.4) is 0 Å². The molecule has 60 valence electrons. The van der Waals surface area contributed by atoms with Gasteiger partial charge in [-0.05, 0) is 12.5 Å². The number of rotatable bonds is 2. The summed E-state index contributed by atoms with van der Waals surface area (Å²) in [4.78, 5) is 4.16. The quantitative estimate of drug-likeness (QED) is 0.653. The molecule has 0 saturated carbocycles. The van der Waals surface area contributed by atoms with Gasteiger partial charge >= 0.3 is 0 Å². The molecule has 3 heteroatoms. The van der Waals surface area contributed by atoms with Gasteiger partial charge in [-0.1, -0.05) is 13.0 Å². The van der Waals surface area contributed by atoms with Crippen LogP contribution in [-0.2, 0) is 13.0 Å². The van der Waals surface area contributed by atoms with E-state index in [0.717, 1.165) is 17.7 Å². The van der Waals surface area contributed by atoms with Crippen LogP contribution in [0.5, 0.6) is 0 Å². The molecule has 0 atom stereocenters. The van der Waals surface area contributed by atoms with Gasteiger partial charge in [-0.25, -0.2) is 4.98 Å². The lowest BCUT2D eigenvalue weighted by Crippen LogP contribution is -2.04. The van der Waals surface area contributed by atoms with Crippen molar-refractivity contribution in [3.05, 3.63) is 23.4 Å². The SMILES string of the molecule is CCc1ccc(CN)c(N)n1. The maximum atomic E-state index is 5.62. The summed E-state index contributed by atoms with van der Waals surface area (Å²) in [6.07, 6.45) is 0.912. The lowest BCUT2D eigenvalue weighted by atomic mass is 10.2. The zero-order valence-electron chi connectivity index (χ0n) is 6.67. The molecule has 0 aliphatic rings. The van der Waals surface area contributed by atoms with E-state index in [1.807, 2.05) is 19.1 Å². The smallest absolute Gasteiger partial charge is 0.128 e. The number of hydrogen-bond acceptors (Lipinski definition) is 3. The topological polar surface area (TPSA) is 64.9 Å². The summed E-state index contributed by atoms with van der Waals surface area (Å²) in [6, 6.07) is 3.89. The predicted octanol–water partition coefficient (Wildman–Crippen LogP) is 0.685. The van der Waals surface area contributed by atoms with E-state index in [1.165, 1.54) is 0 Å². The van der Waals surface area contributed by atoms with Crippen LogP contribution in [0.1, 0.15) is 18.2 Å². The zero-order chi connectivity index (χ0) is 8.27. The van der Waals surface area contributed by atoms with E-state index in [-0.39, 0.29) is 0 Å². The summed E-state index contributed by atoms with van der Waals surface area (Å²) < 4.78 is 0. The molecule has 0 fully saturated rings. The summed E-state index contributed by atoms with van der Waals surface area (Å²) in [7, 11) is 0. The Labute approximate surface area is 66.4 Å². The third kappa shape index (κ3) is 1.68. The second kappa shape index (κ2) is 3.34. The number of nitrogens with two attached hydrogens (primary N) is 2. The van der Waals surface area contributed by atoms with Gasteiger partial charge in [0, 0.05) is 17.8 Å². The zero-order valence-corrected chi connectivity index (χ0v) is 6.67. The maximum absolute atomic E-state index is 5.62. The van der Waals surface area contributed by atoms with Crippen LogP contribution < -0.4 is 11.5 Å². The lowest BCUT2D eigenvalue weighted by molar-refractivity contribution is 0.998. The van der Waals surface area contributed by atoms with Crippen LogP contribution in [0.25, 0.3) is 0 Å². The summed E-state index contributed by atoms with van der Waals surface area (Å²) in [6.45, 7) is 2.51. The van der Waals surface area contributed by atoms with Gasteiger partial charge in [-0.15, -0.1) is 0 Å². The first-order valence-electron chi connectivity index (χ1n) is 3.72. The minimum Gasteiger partial charge on any atom is -0.383 e. The van der Waals surface area contributed by atoms with Crippen molar-refractivity contribution in [2.24, 2.45) is 5.73 Å². The second-order valence-electron chi connectivity index (χ2n) is 2.40. The van der Waals surface area contributed by atoms with Crippen LogP contribution in [0.4, 0.5) is 5.82 Å². The molecule has 0 saturated heterocycles. The fraction of sp³-hybridized carbons (Fsp3) is 0.375. The number of pyridine rings is 1. The van der Waals surface area contributed by atoms with Crippen LogP contribution in [0, 0.1) is 0 Å². The molecule has 0 amide bonds. The van der Waals surface area contributed by atoms with Crippen molar-refractivity contribution < 1.29 is 0 Å². The first kappa shape index (κ1) is 8.01. The van der Waals surface area contributed by atoms with Gasteiger partial charge in [-0.2, -0.15) is 0 Å². The molecule has 4 N–H and O–H groups in total. The normalized spacial score (nSPS) is 10.0. The van der Waals surface area contributed by atoms with E-state index < -0.39 is 0 Å². The minimum atomic E-state index is 0.461. The van der Waals surface area contributed by atoms with Crippen molar-refractivity contribution in [3.8, 4) is 0 Å². The van der Waals surface area contributed by atoms with Crippen LogP contribution in [0.2, 0.25) is 0 Å². The van der Waals surface area contributed by atoms with Crippen molar-refractivity contribution in [3.63, 3.8) is 0 Å². The summed E-state index contributed by atoms with van der Waals surface area (Å²) in [5.41, 5.74) is 13.0. The van der Waals surface area contributed by atoms with Crippen molar-refractivity contribution in [2.75, 3.05) is 5.73 Å². The van der Waals surface area contributed by atoms with Crippen molar-refractivity contribution in [1.29, 1.82) is 0 Å². The van der Waals surface area contributed by atoms with Crippen molar-refractivity contribution >= 4 is 5.82 Å². The molecule has 1 rings (SSSR count). The van der Waals surface area contributed by atoms with Gasteiger partial charge < -0.3 is 11.5 Å². The van der Waals surface area contributed by atoms with E-state index in [4.69, 9.17) is 11.5 Å². The van der Waals surface area contributed by atoms with E-state index >= 15 is 0 Å². The molecule has 1 heterocycles. The molecule has 0 aliphatic heterocycles. The summed E-state index contributed by atoms with van der Waals surface area (Å²) >= 11 is 0. The Hall–Kier alpha value is -1.09. The standard InChI is InChI=1S/C8H13N3/c1-2-7-4-3-6(5-9)8(10)11-7/h3-4H,2,5,9H2,1H3,(H2,10,11). The largest absolute Gasteiger partial charge is 0.383 e. The highest BCUT2D eigenvalue weighted by Gasteiger charge is 1.98. The number of anilines is 1. The Morgan fingerprint density at radius 3 is 2.64 bits per heavy atom. The molecule has 0 radical (unpaired) electrons. The van der Waals surface area contributed by atoms with E-state index in [0.29, 0.717) is 12.4 Å². The van der Waals surface area contributed by atoms with Crippen molar-refractivity contribution in [2.45, 2.75) is 19.9 Å². The van der Waals surface area contributed by atoms with Gasteiger partial charge in [0.05, 0.1) is 0 Å². The molecule has 1 aromatic heterocycles. The second-order valence-corrected chi connectivity index (χ2v) is 2.40. The third-order valence-electron chi connectivity index (χ3n) is 1.65. The van der Waals surface area contributed by atoms with E-state index in [2.05, 4.69) is 4.98 Å². The van der Waals surface area contributed by atoms with Crippen LogP contribution in [-0.4, -0.2) is 4.98 Å². The first-order valence-corrected chi connectivity index (χ1v) is 3.72. The Kier molecular flexibility index (Phi) is 2.44. The fourth-order valence-corrected chi connectivity index (χ4v) is 0.915. The molecular weight excluding hydrogens is 138 g/mol. The molecule has 11 heavy (non-hydrogen) atoms. The molecule has 0 aliphatic carbocycles. The highest BCUT2D eigenvalue weighted by Crippen LogP contribution is 2.08. The molecule has 0 unspecified atom stereocenters. The number of aromatic nitrogens is 1. The van der Waals surface area contributed by atoms with Gasteiger partial charge in [0.1, 0.15) is 5.82 Å².